The highest BCUT2D eigenvalue weighted by Crippen LogP contribution is 2.30. The Morgan fingerprint density at radius 1 is 1.33 bits per heavy atom. The van der Waals surface area contributed by atoms with Crippen LogP contribution in [0.4, 0.5) is 13.2 Å². The third kappa shape index (κ3) is 1.63. The Morgan fingerprint density at radius 2 is 1.92 bits per heavy atom. The number of hydrogen-bond donors (Lipinski definition) is 0. The fraction of sp³-hybridized carbons (Fsp3) is 0.250. The van der Waals surface area contributed by atoms with Crippen molar-refractivity contribution in [2.45, 2.75) is 13.3 Å². The highest BCUT2D eigenvalue weighted by molar-refractivity contribution is 9.10. The van der Waals surface area contributed by atoms with Gasteiger partial charge in [0.25, 0.3) is 6.43 Å². The quantitative estimate of drug-likeness (QED) is 0.698. The van der Waals surface area contributed by atoms with Gasteiger partial charge in [-0.2, -0.15) is 0 Å². The summed E-state index contributed by atoms with van der Waals surface area (Å²) in [7, 11) is 0. The zero-order valence-corrected chi connectivity index (χ0v) is 7.83. The lowest BCUT2D eigenvalue weighted by molar-refractivity contribution is 0.145. The average Bonchev–Trinajstić information content (AvgIpc) is 1.97. The van der Waals surface area contributed by atoms with Gasteiger partial charge in [-0.05, 0) is 18.6 Å². The van der Waals surface area contributed by atoms with Crippen LogP contribution >= 0.6 is 15.9 Å². The van der Waals surface area contributed by atoms with Crippen LogP contribution < -0.4 is 0 Å². The molecule has 0 fully saturated rings. The maximum Gasteiger partial charge on any atom is 0.267 e. The summed E-state index contributed by atoms with van der Waals surface area (Å²) in [6.07, 6.45) is -2.78. The van der Waals surface area contributed by atoms with Crippen molar-refractivity contribution in [1.82, 2.24) is 0 Å². The highest BCUT2D eigenvalue weighted by Gasteiger charge is 2.18. The number of rotatable bonds is 1. The number of hydrogen-bond acceptors (Lipinski definition) is 0. The van der Waals surface area contributed by atoms with E-state index in [-0.39, 0.29) is 10.0 Å². The molecule has 0 atom stereocenters. The molecular weight excluding hydrogens is 233 g/mol. The average molecular weight is 239 g/mol. The third-order valence-electron chi connectivity index (χ3n) is 1.54. The molecule has 0 N–H and O–H groups in total. The van der Waals surface area contributed by atoms with Crippen molar-refractivity contribution >= 4 is 15.9 Å². The van der Waals surface area contributed by atoms with E-state index < -0.39 is 17.8 Å². The molecule has 1 rings (SSSR count). The first-order chi connectivity index (χ1) is 5.54. The fourth-order valence-electron chi connectivity index (χ4n) is 0.878. The first kappa shape index (κ1) is 9.58. The lowest BCUT2D eigenvalue weighted by Gasteiger charge is -2.06. The van der Waals surface area contributed by atoms with Gasteiger partial charge in [-0.1, -0.05) is 22.0 Å². The van der Waals surface area contributed by atoms with Crippen molar-refractivity contribution in [1.29, 1.82) is 0 Å². The Balaban J connectivity index is 3.33. The molecule has 66 valence electrons. The second kappa shape index (κ2) is 3.47. The van der Waals surface area contributed by atoms with Crippen LogP contribution in [-0.2, 0) is 0 Å². The van der Waals surface area contributed by atoms with Crippen molar-refractivity contribution in [2.75, 3.05) is 0 Å². The second-order valence-electron chi connectivity index (χ2n) is 2.39. The van der Waals surface area contributed by atoms with Gasteiger partial charge >= 0.3 is 0 Å². The molecule has 0 bridgehead atoms. The van der Waals surface area contributed by atoms with Crippen LogP contribution in [0.25, 0.3) is 0 Å². The zero-order valence-electron chi connectivity index (χ0n) is 6.24. The summed E-state index contributed by atoms with van der Waals surface area (Å²) in [5, 5.41) is 0. The molecule has 0 nitrogen and oxygen atoms in total. The Labute approximate surface area is 76.5 Å². The van der Waals surface area contributed by atoms with E-state index >= 15 is 0 Å². The van der Waals surface area contributed by atoms with Crippen LogP contribution in [0.2, 0.25) is 0 Å². The summed E-state index contributed by atoms with van der Waals surface area (Å²) >= 11 is 2.86. The molecular formula is C8H6BrF3. The highest BCUT2D eigenvalue weighted by atomic mass is 79.9. The van der Waals surface area contributed by atoms with Gasteiger partial charge in [-0.3, -0.25) is 0 Å². The van der Waals surface area contributed by atoms with Crippen LogP contribution in [0.15, 0.2) is 16.6 Å². The van der Waals surface area contributed by atoms with Crippen LogP contribution in [0, 0.1) is 12.7 Å². The van der Waals surface area contributed by atoms with E-state index in [0.717, 1.165) is 0 Å². The number of benzene rings is 1. The van der Waals surface area contributed by atoms with Crippen molar-refractivity contribution in [3.63, 3.8) is 0 Å². The topological polar surface area (TPSA) is 0 Å². The second-order valence-corrected chi connectivity index (χ2v) is 3.25. The molecule has 0 heterocycles. The summed E-state index contributed by atoms with van der Waals surface area (Å²) in [5.74, 6) is -0.834. The lowest BCUT2D eigenvalue weighted by Crippen LogP contribution is -1.95. The predicted octanol–water partition coefficient (Wildman–Crippen LogP) is 3.83. The minimum absolute atomic E-state index is 0.112. The largest absolute Gasteiger partial charge is 0.267 e. The van der Waals surface area contributed by atoms with E-state index in [1.807, 2.05) is 0 Å². The molecule has 0 aromatic heterocycles. The normalized spacial score (nSPS) is 10.8. The molecule has 4 heteroatoms. The summed E-state index contributed by atoms with van der Waals surface area (Å²) in [6, 6.07) is 2.87. The molecule has 0 aliphatic heterocycles. The Morgan fingerprint density at radius 3 is 2.33 bits per heavy atom. The SMILES string of the molecule is Cc1ccc(Br)c(C(F)F)c1F. The number of aryl methyl sites for hydroxylation is 1. The maximum atomic E-state index is 13.0. The molecule has 0 spiro atoms. The first-order valence-corrected chi connectivity index (χ1v) is 4.06. The van der Waals surface area contributed by atoms with Crippen LogP contribution in [-0.4, -0.2) is 0 Å². The zero-order chi connectivity index (χ0) is 9.30. The molecule has 1 aromatic rings. The third-order valence-corrected chi connectivity index (χ3v) is 2.23. The van der Waals surface area contributed by atoms with E-state index in [1.54, 1.807) is 0 Å². The summed E-state index contributed by atoms with van der Waals surface area (Å²) in [5.41, 5.74) is -0.330. The molecule has 0 saturated heterocycles. The van der Waals surface area contributed by atoms with E-state index in [0.29, 0.717) is 0 Å². The summed E-state index contributed by atoms with van der Waals surface area (Å²) in [4.78, 5) is 0. The monoisotopic (exact) mass is 238 g/mol. The van der Waals surface area contributed by atoms with Crippen LogP contribution in [0.5, 0.6) is 0 Å². The smallest absolute Gasteiger partial charge is 0.206 e. The van der Waals surface area contributed by atoms with Crippen molar-refractivity contribution in [3.05, 3.63) is 33.5 Å². The van der Waals surface area contributed by atoms with Gasteiger partial charge < -0.3 is 0 Å². The molecule has 0 amide bonds. The molecule has 0 aliphatic rings. The minimum atomic E-state index is -2.78. The summed E-state index contributed by atoms with van der Waals surface area (Å²) < 4.78 is 37.5. The van der Waals surface area contributed by atoms with Crippen LogP contribution in [0.1, 0.15) is 17.6 Å². The van der Waals surface area contributed by atoms with E-state index in [4.69, 9.17) is 0 Å². The molecule has 0 radical (unpaired) electrons. The summed E-state index contributed by atoms with van der Waals surface area (Å²) in [6.45, 7) is 1.45. The van der Waals surface area contributed by atoms with Gasteiger partial charge in [0.15, 0.2) is 0 Å². The van der Waals surface area contributed by atoms with E-state index in [9.17, 15) is 13.2 Å². The van der Waals surface area contributed by atoms with Gasteiger partial charge in [0.05, 0.1) is 5.56 Å². The fourth-order valence-corrected chi connectivity index (χ4v) is 1.36. The van der Waals surface area contributed by atoms with Gasteiger partial charge in [-0.15, -0.1) is 0 Å². The van der Waals surface area contributed by atoms with Gasteiger partial charge in [-0.25, -0.2) is 13.2 Å². The standard InChI is InChI=1S/C8H6BrF3/c1-4-2-3-5(9)6(7(4)10)8(11)12/h2-3,8H,1H3. The Hall–Kier alpha value is -0.510. The maximum absolute atomic E-state index is 13.0. The molecule has 12 heavy (non-hydrogen) atoms. The van der Waals surface area contributed by atoms with Crippen molar-refractivity contribution in [3.8, 4) is 0 Å². The first-order valence-electron chi connectivity index (χ1n) is 3.26. The minimum Gasteiger partial charge on any atom is -0.206 e. The molecule has 1 aromatic carbocycles. The van der Waals surface area contributed by atoms with Gasteiger partial charge in [0.1, 0.15) is 5.82 Å². The van der Waals surface area contributed by atoms with Crippen LogP contribution in [0.3, 0.4) is 0 Å². The predicted molar refractivity (Wildman–Crippen MR) is 43.8 cm³/mol. The Kier molecular flexibility index (Phi) is 2.77. The molecule has 0 aliphatic carbocycles. The lowest BCUT2D eigenvalue weighted by atomic mass is 10.1. The van der Waals surface area contributed by atoms with Crippen molar-refractivity contribution < 1.29 is 13.2 Å². The van der Waals surface area contributed by atoms with Gasteiger partial charge in [0.2, 0.25) is 0 Å². The number of alkyl halides is 2. The van der Waals surface area contributed by atoms with E-state index in [2.05, 4.69) is 15.9 Å². The number of halogens is 4. The molecule has 0 unspecified atom stereocenters. The Bertz CT molecular complexity index is 297. The molecule has 0 saturated carbocycles. The van der Waals surface area contributed by atoms with Gasteiger partial charge in [0, 0.05) is 4.47 Å². The van der Waals surface area contributed by atoms with Crippen molar-refractivity contribution in [2.24, 2.45) is 0 Å². The van der Waals surface area contributed by atoms with E-state index in [1.165, 1.54) is 19.1 Å².